The molecular formula is C21H26FNO2. The largest absolute Gasteiger partial charge is 0.483 e. The van der Waals surface area contributed by atoms with Crippen molar-refractivity contribution in [3.8, 4) is 5.75 Å². The van der Waals surface area contributed by atoms with Gasteiger partial charge in [-0.2, -0.15) is 0 Å². The molecule has 0 aromatic heterocycles. The third-order valence-corrected chi connectivity index (χ3v) is 4.33. The number of morpholine rings is 1. The molecule has 1 heterocycles. The molecule has 0 saturated carbocycles. The van der Waals surface area contributed by atoms with Gasteiger partial charge in [0.15, 0.2) is 6.10 Å². The van der Waals surface area contributed by atoms with E-state index in [9.17, 15) is 4.39 Å². The van der Waals surface area contributed by atoms with Gasteiger partial charge in [0, 0.05) is 13.1 Å². The van der Waals surface area contributed by atoms with Crippen LogP contribution in [0.5, 0.6) is 5.75 Å². The highest BCUT2D eigenvalue weighted by Crippen LogP contribution is 2.31. The van der Waals surface area contributed by atoms with Crippen molar-refractivity contribution in [2.45, 2.75) is 32.5 Å². The second kappa shape index (κ2) is 8.45. The summed E-state index contributed by atoms with van der Waals surface area (Å²) in [6, 6.07) is 14.9. The molecular weight excluding hydrogens is 317 g/mol. The Kier molecular flexibility index (Phi) is 6.05. The van der Waals surface area contributed by atoms with Gasteiger partial charge in [-0.1, -0.05) is 44.2 Å². The molecule has 4 heteroatoms. The van der Waals surface area contributed by atoms with Crippen molar-refractivity contribution in [3.63, 3.8) is 0 Å². The SMILES string of the molecule is CC(C)Cc1cc(F)ccc1O[C@@H](c1ccccc1)[C@@H]1CNCCO1. The molecule has 1 N–H and O–H groups in total. The molecule has 0 unspecified atom stereocenters. The summed E-state index contributed by atoms with van der Waals surface area (Å²) < 4.78 is 26.1. The van der Waals surface area contributed by atoms with E-state index < -0.39 is 0 Å². The van der Waals surface area contributed by atoms with Crippen molar-refractivity contribution >= 4 is 0 Å². The van der Waals surface area contributed by atoms with Gasteiger partial charge in [0.05, 0.1) is 6.61 Å². The molecule has 25 heavy (non-hydrogen) atoms. The normalized spacial score (nSPS) is 19.0. The van der Waals surface area contributed by atoms with Gasteiger partial charge < -0.3 is 14.8 Å². The molecule has 0 spiro atoms. The summed E-state index contributed by atoms with van der Waals surface area (Å²) in [4.78, 5) is 0. The lowest BCUT2D eigenvalue weighted by atomic mass is 10.0. The minimum absolute atomic E-state index is 0.0758. The Morgan fingerprint density at radius 3 is 2.68 bits per heavy atom. The number of halogens is 1. The smallest absolute Gasteiger partial charge is 0.151 e. The summed E-state index contributed by atoms with van der Waals surface area (Å²) >= 11 is 0. The number of ether oxygens (including phenoxy) is 2. The maximum absolute atomic E-state index is 13.7. The first kappa shape index (κ1) is 17.9. The predicted molar refractivity (Wildman–Crippen MR) is 97.4 cm³/mol. The van der Waals surface area contributed by atoms with E-state index in [0.717, 1.165) is 36.4 Å². The summed E-state index contributed by atoms with van der Waals surface area (Å²) in [6.45, 7) is 6.50. The molecule has 2 aromatic rings. The highest BCUT2D eigenvalue weighted by atomic mass is 19.1. The van der Waals surface area contributed by atoms with Crippen LogP contribution in [0.3, 0.4) is 0 Å². The highest BCUT2D eigenvalue weighted by Gasteiger charge is 2.28. The van der Waals surface area contributed by atoms with Crippen LogP contribution >= 0.6 is 0 Å². The second-order valence-corrected chi connectivity index (χ2v) is 6.91. The van der Waals surface area contributed by atoms with Crippen LogP contribution in [0.15, 0.2) is 48.5 Å². The van der Waals surface area contributed by atoms with Gasteiger partial charge >= 0.3 is 0 Å². The zero-order valence-electron chi connectivity index (χ0n) is 14.9. The lowest BCUT2D eigenvalue weighted by molar-refractivity contribution is -0.0435. The van der Waals surface area contributed by atoms with Crippen LogP contribution in [0.1, 0.15) is 31.1 Å². The molecule has 0 bridgehead atoms. The Morgan fingerprint density at radius 2 is 2.00 bits per heavy atom. The maximum atomic E-state index is 13.7. The summed E-state index contributed by atoms with van der Waals surface area (Å²) in [5.74, 6) is 0.930. The minimum Gasteiger partial charge on any atom is -0.483 e. The molecule has 0 radical (unpaired) electrons. The van der Waals surface area contributed by atoms with Crippen molar-refractivity contribution in [3.05, 3.63) is 65.5 Å². The van der Waals surface area contributed by atoms with Crippen molar-refractivity contribution in [2.24, 2.45) is 5.92 Å². The molecule has 0 amide bonds. The van der Waals surface area contributed by atoms with Crippen molar-refractivity contribution in [1.29, 1.82) is 0 Å². The van der Waals surface area contributed by atoms with Crippen LogP contribution < -0.4 is 10.1 Å². The van der Waals surface area contributed by atoms with Crippen molar-refractivity contribution < 1.29 is 13.9 Å². The van der Waals surface area contributed by atoms with Gasteiger partial charge in [-0.15, -0.1) is 0 Å². The first-order valence-electron chi connectivity index (χ1n) is 8.96. The fourth-order valence-corrected chi connectivity index (χ4v) is 3.18. The van der Waals surface area contributed by atoms with Gasteiger partial charge in [-0.05, 0) is 41.7 Å². The molecule has 2 atom stereocenters. The zero-order chi connectivity index (χ0) is 17.6. The molecule has 1 aliphatic heterocycles. The number of nitrogens with one attached hydrogen (secondary N) is 1. The van der Waals surface area contributed by atoms with E-state index in [2.05, 4.69) is 19.2 Å². The number of rotatable bonds is 6. The van der Waals surface area contributed by atoms with Gasteiger partial charge in [0.2, 0.25) is 0 Å². The van der Waals surface area contributed by atoms with E-state index in [1.54, 1.807) is 12.1 Å². The standard InChI is InChI=1S/C21H26FNO2/c1-15(2)12-17-13-18(22)8-9-19(17)25-21(16-6-4-3-5-7-16)20-14-23-10-11-24-20/h3-9,13,15,20-21,23H,10-12,14H2,1-2H3/t20-,21-/m0/s1. The van der Waals surface area contributed by atoms with Gasteiger partial charge in [-0.3, -0.25) is 0 Å². The fourth-order valence-electron chi connectivity index (χ4n) is 3.18. The topological polar surface area (TPSA) is 30.5 Å². The average molecular weight is 343 g/mol. The van der Waals surface area contributed by atoms with E-state index in [4.69, 9.17) is 9.47 Å². The van der Waals surface area contributed by atoms with E-state index >= 15 is 0 Å². The van der Waals surface area contributed by atoms with Crippen LogP contribution in [0.25, 0.3) is 0 Å². The van der Waals surface area contributed by atoms with Crippen LogP contribution in [0, 0.1) is 11.7 Å². The lowest BCUT2D eigenvalue weighted by Gasteiger charge is -2.32. The molecule has 1 aliphatic rings. The van der Waals surface area contributed by atoms with E-state index in [1.807, 2.05) is 30.3 Å². The van der Waals surface area contributed by atoms with Gasteiger partial charge in [-0.25, -0.2) is 4.39 Å². The average Bonchev–Trinajstić information content (AvgIpc) is 2.62. The Bertz CT molecular complexity index is 669. The quantitative estimate of drug-likeness (QED) is 0.855. The van der Waals surface area contributed by atoms with Crippen LogP contribution in [-0.2, 0) is 11.2 Å². The highest BCUT2D eigenvalue weighted by molar-refractivity contribution is 5.35. The van der Waals surface area contributed by atoms with Crippen LogP contribution in [0.2, 0.25) is 0 Å². The van der Waals surface area contributed by atoms with E-state index in [-0.39, 0.29) is 18.0 Å². The minimum atomic E-state index is -0.231. The molecule has 3 nitrogen and oxygen atoms in total. The lowest BCUT2D eigenvalue weighted by Crippen LogP contribution is -2.43. The first-order chi connectivity index (χ1) is 12.1. The molecule has 1 fully saturated rings. The fraction of sp³-hybridized carbons (Fsp3) is 0.429. The maximum Gasteiger partial charge on any atom is 0.151 e. The third kappa shape index (κ3) is 4.80. The Balaban J connectivity index is 1.90. The van der Waals surface area contributed by atoms with Crippen LogP contribution in [-0.4, -0.2) is 25.8 Å². The summed E-state index contributed by atoms with van der Waals surface area (Å²) in [6.07, 6.45) is 0.469. The Hall–Kier alpha value is -1.91. The number of hydrogen-bond acceptors (Lipinski definition) is 3. The van der Waals surface area contributed by atoms with Crippen LogP contribution in [0.4, 0.5) is 4.39 Å². The van der Waals surface area contributed by atoms with Gasteiger partial charge in [0.25, 0.3) is 0 Å². The zero-order valence-corrected chi connectivity index (χ0v) is 14.9. The molecule has 2 aromatic carbocycles. The number of hydrogen-bond donors (Lipinski definition) is 1. The Morgan fingerprint density at radius 1 is 1.20 bits per heavy atom. The second-order valence-electron chi connectivity index (χ2n) is 6.91. The monoisotopic (exact) mass is 343 g/mol. The van der Waals surface area contributed by atoms with Crippen molar-refractivity contribution in [2.75, 3.05) is 19.7 Å². The summed E-state index contributed by atoms with van der Waals surface area (Å²) in [7, 11) is 0. The molecule has 3 rings (SSSR count). The predicted octanol–water partition coefficient (Wildman–Crippen LogP) is 4.13. The third-order valence-electron chi connectivity index (χ3n) is 4.33. The van der Waals surface area contributed by atoms with E-state index in [1.165, 1.54) is 6.07 Å². The summed E-state index contributed by atoms with van der Waals surface area (Å²) in [5, 5.41) is 3.36. The summed E-state index contributed by atoms with van der Waals surface area (Å²) in [5.41, 5.74) is 1.97. The molecule has 1 saturated heterocycles. The Labute approximate surface area is 149 Å². The number of benzene rings is 2. The molecule has 0 aliphatic carbocycles. The first-order valence-corrected chi connectivity index (χ1v) is 8.96. The van der Waals surface area contributed by atoms with Gasteiger partial charge in [0.1, 0.15) is 17.7 Å². The van der Waals surface area contributed by atoms with Crippen molar-refractivity contribution in [1.82, 2.24) is 5.32 Å². The van der Waals surface area contributed by atoms with E-state index in [0.29, 0.717) is 12.5 Å². The molecule has 134 valence electrons.